The van der Waals surface area contributed by atoms with E-state index in [1.165, 1.54) is 0 Å². The summed E-state index contributed by atoms with van der Waals surface area (Å²) in [5, 5.41) is 5.48. The van der Waals surface area contributed by atoms with Gasteiger partial charge in [0.15, 0.2) is 0 Å². The zero-order valence-corrected chi connectivity index (χ0v) is 13.0. The molecule has 0 unspecified atom stereocenters. The minimum Gasteiger partial charge on any atom is -0.378 e. The number of hydrogen-bond donors (Lipinski definition) is 2. The molecule has 1 fully saturated rings. The van der Waals surface area contributed by atoms with Crippen molar-refractivity contribution in [1.29, 1.82) is 0 Å². The smallest absolute Gasteiger partial charge is 0.323 e. The summed E-state index contributed by atoms with van der Waals surface area (Å²) in [6.07, 6.45) is 3.21. The minimum atomic E-state index is -0.323. The largest absolute Gasteiger partial charge is 0.378 e. The molecule has 3 rings (SSSR count). The molecular weight excluding hydrogens is 294 g/mol. The number of nitrogens with one attached hydrogen (secondary N) is 2. The van der Waals surface area contributed by atoms with Gasteiger partial charge >= 0.3 is 6.03 Å². The van der Waals surface area contributed by atoms with Crippen molar-refractivity contribution in [3.8, 4) is 0 Å². The van der Waals surface area contributed by atoms with Crippen LogP contribution in [0, 0.1) is 6.92 Å². The highest BCUT2D eigenvalue weighted by molar-refractivity contribution is 5.99. The van der Waals surface area contributed by atoms with E-state index < -0.39 is 0 Å². The molecule has 1 aliphatic heterocycles. The number of benzene rings is 1. The number of ether oxygens (including phenoxy) is 1. The molecule has 2 heterocycles. The first kappa shape index (κ1) is 15.2. The van der Waals surface area contributed by atoms with Crippen LogP contribution in [0.25, 0.3) is 0 Å². The Morgan fingerprint density at radius 2 is 1.65 bits per heavy atom. The third-order valence-corrected chi connectivity index (χ3v) is 3.50. The van der Waals surface area contributed by atoms with Gasteiger partial charge in [0, 0.05) is 18.8 Å². The number of amides is 2. The first-order valence-corrected chi connectivity index (χ1v) is 7.50. The fourth-order valence-electron chi connectivity index (χ4n) is 2.24. The molecule has 23 heavy (non-hydrogen) atoms. The third kappa shape index (κ3) is 4.17. The second-order valence-corrected chi connectivity index (χ2v) is 5.32. The van der Waals surface area contributed by atoms with Crippen molar-refractivity contribution in [3.05, 3.63) is 42.2 Å². The van der Waals surface area contributed by atoms with Gasteiger partial charge in [-0.15, -0.1) is 0 Å². The van der Waals surface area contributed by atoms with Crippen molar-refractivity contribution in [2.45, 2.75) is 6.92 Å². The number of urea groups is 1. The van der Waals surface area contributed by atoms with E-state index in [-0.39, 0.29) is 6.03 Å². The van der Waals surface area contributed by atoms with Crippen molar-refractivity contribution in [1.82, 2.24) is 9.97 Å². The number of anilines is 3. The number of rotatable bonds is 3. The predicted octanol–water partition coefficient (Wildman–Crippen LogP) is 2.27. The average Bonchev–Trinajstić information content (AvgIpc) is 2.58. The van der Waals surface area contributed by atoms with Gasteiger partial charge in [-0.1, -0.05) is 17.7 Å². The quantitative estimate of drug-likeness (QED) is 0.908. The molecule has 0 bridgehead atoms. The number of aryl methyl sites for hydroxylation is 1. The summed E-state index contributed by atoms with van der Waals surface area (Å²) in [7, 11) is 0. The summed E-state index contributed by atoms with van der Waals surface area (Å²) in [6, 6.07) is 7.27. The number of carbonyl (C=O) groups excluding carboxylic acids is 1. The Hall–Kier alpha value is -2.67. The van der Waals surface area contributed by atoms with Crippen molar-refractivity contribution in [2.75, 3.05) is 41.8 Å². The van der Waals surface area contributed by atoms with Gasteiger partial charge in [-0.05, 0) is 19.1 Å². The van der Waals surface area contributed by atoms with Crippen LogP contribution in [0.15, 0.2) is 36.7 Å². The fourth-order valence-corrected chi connectivity index (χ4v) is 2.24. The molecule has 2 N–H and O–H groups in total. The van der Waals surface area contributed by atoms with Crippen LogP contribution < -0.4 is 15.5 Å². The van der Waals surface area contributed by atoms with E-state index in [0.717, 1.165) is 24.3 Å². The van der Waals surface area contributed by atoms with Crippen LogP contribution in [0.3, 0.4) is 0 Å². The Balaban J connectivity index is 1.57. The maximum absolute atomic E-state index is 11.9. The Labute approximate surface area is 134 Å². The van der Waals surface area contributed by atoms with E-state index in [4.69, 9.17) is 4.74 Å². The summed E-state index contributed by atoms with van der Waals surface area (Å²) < 4.78 is 5.30. The normalized spacial score (nSPS) is 14.4. The molecular formula is C16H19N5O2. The lowest BCUT2D eigenvalue weighted by atomic mass is 10.2. The van der Waals surface area contributed by atoms with Gasteiger partial charge in [-0.3, -0.25) is 0 Å². The van der Waals surface area contributed by atoms with E-state index in [0.29, 0.717) is 24.8 Å². The van der Waals surface area contributed by atoms with E-state index in [1.54, 1.807) is 12.4 Å². The van der Waals surface area contributed by atoms with E-state index in [1.807, 2.05) is 31.2 Å². The Bertz CT molecular complexity index is 651. The summed E-state index contributed by atoms with van der Waals surface area (Å²) >= 11 is 0. The lowest BCUT2D eigenvalue weighted by Gasteiger charge is -2.26. The van der Waals surface area contributed by atoms with Crippen molar-refractivity contribution >= 4 is 23.4 Å². The standard InChI is InChI=1S/C16H19N5O2/c1-12-2-4-13(5-3-12)19-16(22)20-14-10-17-15(18-11-14)21-6-8-23-9-7-21/h2-5,10-11H,6-9H2,1H3,(H2,19,20,22). The molecule has 1 aliphatic rings. The Morgan fingerprint density at radius 3 is 2.30 bits per heavy atom. The number of morpholine rings is 1. The second kappa shape index (κ2) is 7.06. The maximum atomic E-state index is 11.9. The Kier molecular flexibility index (Phi) is 4.68. The third-order valence-electron chi connectivity index (χ3n) is 3.50. The number of carbonyl (C=O) groups is 1. The number of aromatic nitrogens is 2. The molecule has 7 heteroatoms. The van der Waals surface area contributed by atoms with Gasteiger partial charge in [-0.2, -0.15) is 0 Å². The highest BCUT2D eigenvalue weighted by Gasteiger charge is 2.13. The molecule has 7 nitrogen and oxygen atoms in total. The van der Waals surface area contributed by atoms with E-state index in [9.17, 15) is 4.79 Å². The van der Waals surface area contributed by atoms with Gasteiger partial charge in [0.25, 0.3) is 0 Å². The van der Waals surface area contributed by atoms with Crippen molar-refractivity contribution in [2.24, 2.45) is 0 Å². The topological polar surface area (TPSA) is 79.4 Å². The van der Waals surface area contributed by atoms with Crippen LogP contribution in [0.1, 0.15) is 5.56 Å². The number of hydrogen-bond acceptors (Lipinski definition) is 5. The van der Waals surface area contributed by atoms with Crippen LogP contribution in [0.2, 0.25) is 0 Å². The fraction of sp³-hybridized carbons (Fsp3) is 0.312. The molecule has 0 atom stereocenters. The van der Waals surface area contributed by atoms with Crippen LogP contribution >= 0.6 is 0 Å². The molecule has 0 saturated carbocycles. The Morgan fingerprint density at radius 1 is 1.04 bits per heavy atom. The van der Waals surface area contributed by atoms with Gasteiger partial charge < -0.3 is 20.3 Å². The highest BCUT2D eigenvalue weighted by atomic mass is 16.5. The molecule has 2 amide bonds. The summed E-state index contributed by atoms with van der Waals surface area (Å²) in [6.45, 7) is 4.92. The molecule has 2 aromatic rings. The van der Waals surface area contributed by atoms with E-state index >= 15 is 0 Å². The monoisotopic (exact) mass is 313 g/mol. The second-order valence-electron chi connectivity index (χ2n) is 5.32. The molecule has 1 aromatic carbocycles. The lowest BCUT2D eigenvalue weighted by Crippen LogP contribution is -2.37. The van der Waals surface area contributed by atoms with Gasteiger partial charge in [-0.25, -0.2) is 14.8 Å². The van der Waals surface area contributed by atoms with Gasteiger partial charge in [0.2, 0.25) is 5.95 Å². The lowest BCUT2D eigenvalue weighted by molar-refractivity contribution is 0.122. The minimum absolute atomic E-state index is 0.323. The summed E-state index contributed by atoms with van der Waals surface area (Å²) in [4.78, 5) is 22.6. The highest BCUT2D eigenvalue weighted by Crippen LogP contribution is 2.13. The first-order chi connectivity index (χ1) is 11.2. The molecule has 0 spiro atoms. The zero-order chi connectivity index (χ0) is 16.1. The van der Waals surface area contributed by atoms with Crippen molar-refractivity contribution in [3.63, 3.8) is 0 Å². The molecule has 0 radical (unpaired) electrons. The van der Waals surface area contributed by atoms with Crippen LogP contribution in [0.4, 0.5) is 22.1 Å². The van der Waals surface area contributed by atoms with E-state index in [2.05, 4.69) is 25.5 Å². The van der Waals surface area contributed by atoms with Crippen LogP contribution in [0.5, 0.6) is 0 Å². The predicted molar refractivity (Wildman–Crippen MR) is 88.9 cm³/mol. The maximum Gasteiger partial charge on any atom is 0.323 e. The molecule has 120 valence electrons. The first-order valence-electron chi connectivity index (χ1n) is 7.50. The molecule has 0 aliphatic carbocycles. The van der Waals surface area contributed by atoms with Gasteiger partial charge in [0.05, 0.1) is 31.3 Å². The zero-order valence-electron chi connectivity index (χ0n) is 13.0. The number of nitrogens with zero attached hydrogens (tertiary/aromatic N) is 3. The molecule has 1 aromatic heterocycles. The average molecular weight is 313 g/mol. The van der Waals surface area contributed by atoms with Gasteiger partial charge in [0.1, 0.15) is 0 Å². The van der Waals surface area contributed by atoms with Crippen LogP contribution in [-0.2, 0) is 4.74 Å². The summed E-state index contributed by atoms with van der Waals surface area (Å²) in [5.41, 5.74) is 2.42. The molecule has 1 saturated heterocycles. The summed E-state index contributed by atoms with van der Waals surface area (Å²) in [5.74, 6) is 0.651. The van der Waals surface area contributed by atoms with Crippen LogP contribution in [-0.4, -0.2) is 42.3 Å². The van der Waals surface area contributed by atoms with Crippen molar-refractivity contribution < 1.29 is 9.53 Å². The SMILES string of the molecule is Cc1ccc(NC(=O)Nc2cnc(N3CCOCC3)nc2)cc1.